The highest BCUT2D eigenvalue weighted by Gasteiger charge is 2.19. The van der Waals surface area contributed by atoms with Crippen molar-refractivity contribution in [1.29, 1.82) is 0 Å². The van der Waals surface area contributed by atoms with Gasteiger partial charge in [-0.1, -0.05) is 29.8 Å². The average Bonchev–Trinajstić information content (AvgIpc) is 1.63. The minimum atomic E-state index is -0.520. The van der Waals surface area contributed by atoms with E-state index in [1.54, 1.807) is 0 Å². The van der Waals surface area contributed by atoms with E-state index in [0.717, 1.165) is 6.42 Å². The molecule has 0 spiro atoms. The second-order valence-corrected chi connectivity index (χ2v) is 3.79. The van der Waals surface area contributed by atoms with Gasteiger partial charge < -0.3 is 5.11 Å². The molecule has 0 amide bonds. The van der Waals surface area contributed by atoms with Crippen molar-refractivity contribution >= 4 is 15.9 Å². The van der Waals surface area contributed by atoms with Gasteiger partial charge in [-0.25, -0.2) is 0 Å². The molecule has 0 saturated carbocycles. The third-order valence-corrected chi connectivity index (χ3v) is 2.34. The van der Waals surface area contributed by atoms with Crippen molar-refractivity contribution in [2.75, 3.05) is 5.33 Å². The highest BCUT2D eigenvalue weighted by molar-refractivity contribution is 9.09. The molecule has 1 nitrogen and oxygen atoms in total. The second kappa shape index (κ2) is 3.57. The third kappa shape index (κ3) is 4.91. The average molecular weight is 195 g/mol. The molecule has 0 radical (unpaired) electrons. The van der Waals surface area contributed by atoms with Crippen molar-refractivity contribution in [3.8, 4) is 0 Å². The van der Waals surface area contributed by atoms with Gasteiger partial charge in [0, 0.05) is 5.33 Å². The zero-order chi connectivity index (χ0) is 7.49. The summed E-state index contributed by atoms with van der Waals surface area (Å²) >= 11 is 3.25. The minimum Gasteiger partial charge on any atom is -0.389 e. The maximum Gasteiger partial charge on any atom is 0.0718 e. The van der Waals surface area contributed by atoms with Gasteiger partial charge in [-0.3, -0.25) is 0 Å². The first-order valence-corrected chi connectivity index (χ1v) is 4.38. The largest absolute Gasteiger partial charge is 0.389 e. The van der Waals surface area contributed by atoms with Crippen molar-refractivity contribution in [1.82, 2.24) is 0 Å². The van der Waals surface area contributed by atoms with E-state index in [1.165, 1.54) is 0 Å². The molecular formula is C7H15BrO. The Morgan fingerprint density at radius 1 is 1.56 bits per heavy atom. The Bertz CT molecular complexity index is 79.0. The van der Waals surface area contributed by atoms with E-state index in [4.69, 9.17) is 0 Å². The Labute approximate surface area is 65.6 Å². The van der Waals surface area contributed by atoms with Crippen LogP contribution in [-0.2, 0) is 0 Å². The smallest absolute Gasteiger partial charge is 0.0718 e. The fourth-order valence-corrected chi connectivity index (χ4v) is 1.16. The van der Waals surface area contributed by atoms with Crippen LogP contribution in [0.1, 0.15) is 27.2 Å². The molecular weight excluding hydrogens is 180 g/mol. The molecule has 1 N–H and O–H groups in total. The molecule has 0 aromatic carbocycles. The highest BCUT2D eigenvalue weighted by Crippen LogP contribution is 2.17. The number of halogens is 1. The summed E-state index contributed by atoms with van der Waals surface area (Å²) in [5.74, 6) is 0.567. The summed E-state index contributed by atoms with van der Waals surface area (Å²) in [7, 11) is 0. The molecule has 2 heteroatoms. The monoisotopic (exact) mass is 194 g/mol. The number of alkyl halides is 1. The topological polar surface area (TPSA) is 20.2 Å². The van der Waals surface area contributed by atoms with Crippen molar-refractivity contribution in [3.05, 3.63) is 0 Å². The van der Waals surface area contributed by atoms with Gasteiger partial charge in [0.25, 0.3) is 0 Å². The Morgan fingerprint density at radius 3 is 2.11 bits per heavy atom. The van der Waals surface area contributed by atoms with Crippen LogP contribution >= 0.6 is 15.9 Å². The summed E-state index contributed by atoms with van der Waals surface area (Å²) in [6.45, 7) is 6.07. The van der Waals surface area contributed by atoms with Crippen molar-refractivity contribution in [3.63, 3.8) is 0 Å². The van der Waals surface area contributed by atoms with E-state index in [0.29, 0.717) is 11.2 Å². The van der Waals surface area contributed by atoms with Gasteiger partial charge in [-0.15, -0.1) is 0 Å². The van der Waals surface area contributed by atoms with Crippen molar-refractivity contribution < 1.29 is 5.11 Å². The predicted octanol–water partition coefficient (Wildman–Crippen LogP) is 2.18. The summed E-state index contributed by atoms with van der Waals surface area (Å²) in [5, 5.41) is 10.1. The van der Waals surface area contributed by atoms with Crippen molar-refractivity contribution in [2.24, 2.45) is 5.92 Å². The van der Waals surface area contributed by atoms with Crippen molar-refractivity contribution in [2.45, 2.75) is 32.8 Å². The lowest BCUT2D eigenvalue weighted by atomic mass is 9.97. The number of hydrogen-bond donors (Lipinski definition) is 1. The van der Waals surface area contributed by atoms with Crippen LogP contribution in [0, 0.1) is 5.92 Å². The third-order valence-electron chi connectivity index (χ3n) is 1.14. The van der Waals surface area contributed by atoms with Crippen LogP contribution in [0.3, 0.4) is 0 Å². The van der Waals surface area contributed by atoms with E-state index in [9.17, 15) is 5.11 Å². The van der Waals surface area contributed by atoms with E-state index in [2.05, 4.69) is 29.8 Å². The van der Waals surface area contributed by atoms with Gasteiger partial charge in [-0.2, -0.15) is 0 Å². The second-order valence-electron chi connectivity index (χ2n) is 3.23. The number of aliphatic hydroxyl groups is 1. The van der Waals surface area contributed by atoms with E-state index in [-0.39, 0.29) is 0 Å². The van der Waals surface area contributed by atoms with Gasteiger partial charge in [0.2, 0.25) is 0 Å². The summed E-state index contributed by atoms with van der Waals surface area (Å²) in [6, 6.07) is 0. The lowest BCUT2D eigenvalue weighted by Gasteiger charge is -2.21. The Hall–Kier alpha value is 0.440. The zero-order valence-corrected chi connectivity index (χ0v) is 7.90. The molecule has 0 aromatic heterocycles. The molecule has 0 aliphatic rings. The fourth-order valence-electron chi connectivity index (χ4n) is 0.934. The molecule has 1 atom stereocenters. The molecule has 0 heterocycles. The van der Waals surface area contributed by atoms with E-state index in [1.807, 2.05) is 6.92 Å². The molecule has 0 rings (SSSR count). The quantitative estimate of drug-likeness (QED) is 0.684. The highest BCUT2D eigenvalue weighted by atomic mass is 79.9. The molecule has 0 fully saturated rings. The molecule has 1 unspecified atom stereocenters. The maximum absolute atomic E-state index is 9.45. The van der Waals surface area contributed by atoms with Crippen LogP contribution in [0.2, 0.25) is 0 Å². The number of rotatable bonds is 3. The molecule has 0 saturated heterocycles. The van der Waals surface area contributed by atoms with Crippen LogP contribution in [0.15, 0.2) is 0 Å². The Kier molecular flexibility index (Phi) is 3.74. The molecule has 56 valence electrons. The minimum absolute atomic E-state index is 0.520. The Morgan fingerprint density at radius 2 is 2.00 bits per heavy atom. The van der Waals surface area contributed by atoms with E-state index >= 15 is 0 Å². The number of hydrogen-bond acceptors (Lipinski definition) is 1. The maximum atomic E-state index is 9.45. The standard InChI is InChI=1S/C7H15BrO/c1-6(2)4-7(3,9)5-8/h6,9H,4-5H2,1-3H3. The van der Waals surface area contributed by atoms with Crippen LogP contribution < -0.4 is 0 Å². The summed E-state index contributed by atoms with van der Waals surface area (Å²) < 4.78 is 0. The van der Waals surface area contributed by atoms with Crippen LogP contribution in [0.25, 0.3) is 0 Å². The van der Waals surface area contributed by atoms with Gasteiger partial charge in [-0.05, 0) is 19.3 Å². The first-order valence-electron chi connectivity index (χ1n) is 3.26. The Balaban J connectivity index is 3.58. The first-order chi connectivity index (χ1) is 3.98. The summed E-state index contributed by atoms with van der Waals surface area (Å²) in [6.07, 6.45) is 0.859. The van der Waals surface area contributed by atoms with Crippen LogP contribution in [-0.4, -0.2) is 16.0 Å². The predicted molar refractivity (Wildman–Crippen MR) is 43.9 cm³/mol. The van der Waals surface area contributed by atoms with Gasteiger partial charge in [0.05, 0.1) is 5.60 Å². The molecule has 0 bridgehead atoms. The van der Waals surface area contributed by atoms with E-state index < -0.39 is 5.60 Å². The van der Waals surface area contributed by atoms with Gasteiger partial charge in [0.1, 0.15) is 0 Å². The molecule has 0 aliphatic carbocycles. The lowest BCUT2D eigenvalue weighted by Crippen LogP contribution is -2.27. The van der Waals surface area contributed by atoms with Gasteiger partial charge >= 0.3 is 0 Å². The van der Waals surface area contributed by atoms with Gasteiger partial charge in [0.15, 0.2) is 0 Å². The molecule has 0 aromatic rings. The summed E-state index contributed by atoms with van der Waals surface area (Å²) in [5.41, 5.74) is -0.520. The van der Waals surface area contributed by atoms with Crippen LogP contribution in [0.5, 0.6) is 0 Å². The first kappa shape index (κ1) is 9.44. The summed E-state index contributed by atoms with van der Waals surface area (Å²) in [4.78, 5) is 0. The molecule has 9 heavy (non-hydrogen) atoms. The lowest BCUT2D eigenvalue weighted by molar-refractivity contribution is 0.0640. The normalized spacial score (nSPS) is 18.0. The molecule has 0 aliphatic heterocycles. The zero-order valence-electron chi connectivity index (χ0n) is 6.32. The SMILES string of the molecule is CC(C)CC(C)(O)CBr. The van der Waals surface area contributed by atoms with Crippen LogP contribution in [0.4, 0.5) is 0 Å². The fraction of sp³-hybridized carbons (Fsp3) is 1.00.